The highest BCUT2D eigenvalue weighted by Gasteiger charge is 2.04. The first-order chi connectivity index (χ1) is 8.65. The fourth-order valence-electron chi connectivity index (χ4n) is 1.67. The maximum atomic E-state index is 7.31. The Bertz CT molecular complexity index is 393. The van der Waals surface area contributed by atoms with Gasteiger partial charge in [-0.3, -0.25) is 5.41 Å². The van der Waals surface area contributed by atoms with Crippen molar-refractivity contribution in [2.45, 2.75) is 39.0 Å². The molecule has 1 rings (SSSR count). The van der Waals surface area contributed by atoms with E-state index in [-0.39, 0.29) is 5.84 Å². The second kappa shape index (κ2) is 7.98. The van der Waals surface area contributed by atoms with Crippen molar-refractivity contribution in [3.05, 3.63) is 28.8 Å². The Morgan fingerprint density at radius 2 is 2.00 bits per heavy atom. The zero-order valence-corrected chi connectivity index (χ0v) is 11.6. The van der Waals surface area contributed by atoms with Crippen molar-refractivity contribution in [3.63, 3.8) is 0 Å². The molecule has 0 aliphatic heterocycles. The third kappa shape index (κ3) is 4.96. The van der Waals surface area contributed by atoms with E-state index in [1.54, 1.807) is 18.2 Å². The Morgan fingerprint density at radius 3 is 2.61 bits per heavy atom. The maximum Gasteiger partial charge on any atom is 0.137 e. The molecule has 0 aromatic heterocycles. The second-order valence-electron chi connectivity index (χ2n) is 4.32. The van der Waals surface area contributed by atoms with E-state index in [2.05, 4.69) is 6.92 Å². The van der Waals surface area contributed by atoms with Gasteiger partial charge in [-0.25, -0.2) is 0 Å². The van der Waals surface area contributed by atoms with E-state index < -0.39 is 0 Å². The number of benzene rings is 1. The third-order valence-corrected chi connectivity index (χ3v) is 3.04. The summed E-state index contributed by atoms with van der Waals surface area (Å²) in [4.78, 5) is 0. The Hall–Kier alpha value is -1.22. The number of ether oxygens (including phenoxy) is 1. The van der Waals surface area contributed by atoms with Crippen LogP contribution in [0.4, 0.5) is 0 Å². The van der Waals surface area contributed by atoms with Gasteiger partial charge in [0.25, 0.3) is 0 Å². The topological polar surface area (TPSA) is 59.1 Å². The van der Waals surface area contributed by atoms with Crippen molar-refractivity contribution in [3.8, 4) is 5.75 Å². The summed E-state index contributed by atoms with van der Waals surface area (Å²) in [6.07, 6.45) is 6.03. The van der Waals surface area contributed by atoms with Gasteiger partial charge in [0, 0.05) is 5.56 Å². The Balaban J connectivity index is 2.36. The molecule has 0 unspecified atom stereocenters. The van der Waals surface area contributed by atoms with E-state index in [4.69, 9.17) is 27.5 Å². The summed E-state index contributed by atoms with van der Waals surface area (Å²) >= 11 is 6.06. The predicted octanol–water partition coefficient (Wildman–Crippen LogP) is 3.97. The van der Waals surface area contributed by atoms with Crippen LogP contribution in [0.25, 0.3) is 0 Å². The molecule has 0 heterocycles. The molecule has 0 aliphatic rings. The van der Waals surface area contributed by atoms with E-state index in [0.717, 1.165) is 6.42 Å². The lowest BCUT2D eigenvalue weighted by molar-refractivity contribution is 0.305. The van der Waals surface area contributed by atoms with Crippen LogP contribution in [0, 0.1) is 5.41 Å². The minimum atomic E-state index is 0.0167. The number of nitrogens with two attached hydrogens (primary N) is 1. The largest absolute Gasteiger partial charge is 0.492 e. The molecule has 100 valence electrons. The number of amidine groups is 1. The van der Waals surface area contributed by atoms with Crippen LogP contribution in [0.2, 0.25) is 5.02 Å². The van der Waals surface area contributed by atoms with Crippen molar-refractivity contribution in [1.29, 1.82) is 5.41 Å². The molecule has 3 nitrogen and oxygen atoms in total. The van der Waals surface area contributed by atoms with Gasteiger partial charge in [0.15, 0.2) is 0 Å². The molecular formula is C14H21ClN2O. The van der Waals surface area contributed by atoms with Crippen LogP contribution in [0.1, 0.15) is 44.6 Å². The molecule has 0 amide bonds. The van der Waals surface area contributed by atoms with Crippen LogP contribution in [-0.4, -0.2) is 12.4 Å². The average molecular weight is 269 g/mol. The van der Waals surface area contributed by atoms with Crippen LogP contribution in [0.3, 0.4) is 0 Å². The van der Waals surface area contributed by atoms with Crippen LogP contribution in [-0.2, 0) is 0 Å². The second-order valence-corrected chi connectivity index (χ2v) is 4.73. The lowest BCUT2D eigenvalue weighted by Gasteiger charge is -2.09. The van der Waals surface area contributed by atoms with E-state index in [1.807, 2.05) is 0 Å². The quantitative estimate of drug-likeness (QED) is 0.426. The van der Waals surface area contributed by atoms with E-state index in [0.29, 0.717) is 22.9 Å². The van der Waals surface area contributed by atoms with Gasteiger partial charge in [0.05, 0.1) is 11.6 Å². The number of unbranched alkanes of at least 4 members (excludes halogenated alkanes) is 4. The van der Waals surface area contributed by atoms with Crippen molar-refractivity contribution in [2.24, 2.45) is 5.73 Å². The van der Waals surface area contributed by atoms with E-state index >= 15 is 0 Å². The van der Waals surface area contributed by atoms with Gasteiger partial charge < -0.3 is 10.5 Å². The maximum absolute atomic E-state index is 7.31. The van der Waals surface area contributed by atoms with Gasteiger partial charge >= 0.3 is 0 Å². The van der Waals surface area contributed by atoms with Gasteiger partial charge in [0.2, 0.25) is 0 Å². The molecule has 4 heteroatoms. The van der Waals surface area contributed by atoms with Crippen LogP contribution < -0.4 is 10.5 Å². The van der Waals surface area contributed by atoms with Crippen molar-refractivity contribution in [2.75, 3.05) is 6.61 Å². The standard InChI is InChI=1S/C14H21ClN2O/c1-2-3-4-5-6-9-18-13-8-7-11(14(16)17)10-12(13)15/h7-8,10H,2-6,9H2,1H3,(H3,16,17). The highest BCUT2D eigenvalue weighted by molar-refractivity contribution is 6.32. The summed E-state index contributed by atoms with van der Waals surface area (Å²) in [5.41, 5.74) is 6.01. The Morgan fingerprint density at radius 1 is 1.28 bits per heavy atom. The monoisotopic (exact) mass is 268 g/mol. The smallest absolute Gasteiger partial charge is 0.137 e. The van der Waals surface area contributed by atoms with Crippen LogP contribution >= 0.6 is 11.6 Å². The first-order valence-electron chi connectivity index (χ1n) is 6.42. The SMILES string of the molecule is CCCCCCCOc1ccc(C(=N)N)cc1Cl. The van der Waals surface area contributed by atoms with E-state index in [9.17, 15) is 0 Å². The lowest BCUT2D eigenvalue weighted by Crippen LogP contribution is -2.10. The highest BCUT2D eigenvalue weighted by Crippen LogP contribution is 2.25. The molecule has 0 saturated carbocycles. The zero-order valence-electron chi connectivity index (χ0n) is 10.8. The van der Waals surface area contributed by atoms with E-state index in [1.165, 1.54) is 25.7 Å². The van der Waals surface area contributed by atoms with Crippen molar-refractivity contribution < 1.29 is 4.74 Å². The van der Waals surface area contributed by atoms with Gasteiger partial charge in [-0.2, -0.15) is 0 Å². The molecular weight excluding hydrogens is 248 g/mol. The number of hydrogen-bond donors (Lipinski definition) is 2. The molecule has 0 atom stereocenters. The number of nitrogen functional groups attached to an aromatic ring is 1. The molecule has 18 heavy (non-hydrogen) atoms. The fourth-order valence-corrected chi connectivity index (χ4v) is 1.91. The first-order valence-corrected chi connectivity index (χ1v) is 6.79. The predicted molar refractivity (Wildman–Crippen MR) is 76.7 cm³/mol. The number of halogens is 1. The summed E-state index contributed by atoms with van der Waals surface area (Å²) < 4.78 is 5.61. The minimum Gasteiger partial charge on any atom is -0.492 e. The van der Waals surface area contributed by atoms with Crippen LogP contribution in [0.5, 0.6) is 5.75 Å². The molecule has 0 fully saturated rings. The minimum absolute atomic E-state index is 0.0167. The van der Waals surface area contributed by atoms with Crippen molar-refractivity contribution >= 4 is 17.4 Å². The molecule has 3 N–H and O–H groups in total. The average Bonchev–Trinajstić information content (AvgIpc) is 2.35. The summed E-state index contributed by atoms with van der Waals surface area (Å²) in [6.45, 7) is 2.88. The highest BCUT2D eigenvalue weighted by atomic mass is 35.5. The molecule has 0 spiro atoms. The third-order valence-electron chi connectivity index (χ3n) is 2.75. The van der Waals surface area contributed by atoms with Crippen LogP contribution in [0.15, 0.2) is 18.2 Å². The Labute approximate surface area is 114 Å². The first kappa shape index (κ1) is 14.8. The molecule has 0 bridgehead atoms. The zero-order chi connectivity index (χ0) is 13.4. The van der Waals surface area contributed by atoms with Gasteiger partial charge in [-0.05, 0) is 24.6 Å². The number of rotatable bonds is 8. The molecule has 0 aliphatic carbocycles. The summed E-state index contributed by atoms with van der Waals surface area (Å²) in [5.74, 6) is 0.681. The molecule has 1 aromatic carbocycles. The fraction of sp³-hybridized carbons (Fsp3) is 0.500. The molecule has 1 aromatic rings. The summed E-state index contributed by atoms with van der Waals surface area (Å²) in [6, 6.07) is 5.18. The Kier molecular flexibility index (Phi) is 6.58. The summed E-state index contributed by atoms with van der Waals surface area (Å²) in [7, 11) is 0. The van der Waals surface area contributed by atoms with Gasteiger partial charge in [-0.15, -0.1) is 0 Å². The number of hydrogen-bond acceptors (Lipinski definition) is 2. The molecule has 0 saturated heterocycles. The number of nitrogens with one attached hydrogen (secondary N) is 1. The lowest BCUT2D eigenvalue weighted by atomic mass is 10.2. The normalized spacial score (nSPS) is 10.3. The van der Waals surface area contributed by atoms with Gasteiger partial charge in [0.1, 0.15) is 11.6 Å². The summed E-state index contributed by atoms with van der Waals surface area (Å²) in [5, 5.41) is 7.82. The van der Waals surface area contributed by atoms with Gasteiger partial charge in [-0.1, -0.05) is 44.2 Å². The van der Waals surface area contributed by atoms with Crippen molar-refractivity contribution in [1.82, 2.24) is 0 Å². The molecule has 0 radical (unpaired) electrons.